The molecule has 0 saturated carbocycles. The molecular weight excluding hydrogens is 304 g/mol. The number of aromatic hydroxyl groups is 1. The highest BCUT2D eigenvalue weighted by molar-refractivity contribution is 6.05. The molecule has 0 spiro atoms. The summed E-state index contributed by atoms with van der Waals surface area (Å²) in [5.41, 5.74) is 0.00527. The predicted molar refractivity (Wildman–Crippen MR) is 82.3 cm³/mol. The Kier molecular flexibility index (Phi) is 4.65. The summed E-state index contributed by atoms with van der Waals surface area (Å²) in [6.45, 7) is 0. The number of ether oxygens (including phenoxy) is 2. The number of benzene rings is 2. The summed E-state index contributed by atoms with van der Waals surface area (Å²) >= 11 is 0. The molecule has 0 heterocycles. The molecule has 23 heavy (non-hydrogen) atoms. The van der Waals surface area contributed by atoms with Crippen molar-refractivity contribution in [1.29, 1.82) is 0 Å². The molecule has 0 aliphatic rings. The fraction of sp³-hybridized carbons (Fsp3) is 0.133. The Morgan fingerprint density at radius 2 is 1.91 bits per heavy atom. The zero-order valence-corrected chi connectivity index (χ0v) is 12.4. The van der Waals surface area contributed by atoms with Crippen molar-refractivity contribution in [1.82, 2.24) is 0 Å². The molecule has 2 N–H and O–H groups in total. The molecule has 1 amide bonds. The second-order valence-electron chi connectivity index (χ2n) is 4.48. The molecule has 2 aromatic carbocycles. The molecule has 0 aromatic heterocycles. The van der Waals surface area contributed by atoms with Gasteiger partial charge in [-0.2, -0.15) is 0 Å². The summed E-state index contributed by atoms with van der Waals surface area (Å²) < 4.78 is 10.2. The molecule has 0 fully saturated rings. The van der Waals surface area contributed by atoms with Crippen LogP contribution in [-0.2, 0) is 0 Å². The maximum atomic E-state index is 12.2. The van der Waals surface area contributed by atoms with E-state index >= 15 is 0 Å². The van der Waals surface area contributed by atoms with E-state index in [-0.39, 0.29) is 5.56 Å². The predicted octanol–water partition coefficient (Wildman–Crippen LogP) is 2.57. The smallest absolute Gasteiger partial charge is 0.310 e. The lowest BCUT2D eigenvalue weighted by molar-refractivity contribution is -0.385. The van der Waals surface area contributed by atoms with Crippen LogP contribution in [0.15, 0.2) is 36.4 Å². The summed E-state index contributed by atoms with van der Waals surface area (Å²) in [7, 11) is 2.95. The third kappa shape index (κ3) is 3.49. The normalized spacial score (nSPS) is 10.0. The van der Waals surface area contributed by atoms with Crippen LogP contribution in [0.1, 0.15) is 10.4 Å². The number of nitro groups is 1. The molecule has 8 nitrogen and oxygen atoms in total. The van der Waals surface area contributed by atoms with Gasteiger partial charge in [0.25, 0.3) is 5.91 Å². The van der Waals surface area contributed by atoms with Gasteiger partial charge < -0.3 is 19.9 Å². The minimum Gasteiger partial charge on any atom is -0.502 e. The van der Waals surface area contributed by atoms with Crippen LogP contribution in [0.2, 0.25) is 0 Å². The lowest BCUT2D eigenvalue weighted by Crippen LogP contribution is -2.12. The molecule has 8 heteroatoms. The fourth-order valence-electron chi connectivity index (χ4n) is 1.92. The van der Waals surface area contributed by atoms with Crippen molar-refractivity contribution >= 4 is 17.3 Å². The van der Waals surface area contributed by atoms with Crippen LogP contribution in [-0.4, -0.2) is 30.2 Å². The zero-order valence-electron chi connectivity index (χ0n) is 12.4. The van der Waals surface area contributed by atoms with E-state index in [0.717, 1.165) is 12.1 Å². The number of carbonyl (C=O) groups excluding carboxylic acids is 1. The molecule has 0 unspecified atom stereocenters. The molecule has 0 bridgehead atoms. The molecule has 0 aliphatic heterocycles. The van der Waals surface area contributed by atoms with Crippen molar-refractivity contribution in [2.24, 2.45) is 0 Å². The molecule has 120 valence electrons. The Morgan fingerprint density at radius 3 is 2.48 bits per heavy atom. The lowest BCUT2D eigenvalue weighted by Gasteiger charge is -2.11. The van der Waals surface area contributed by atoms with E-state index in [1.807, 2.05) is 0 Å². The SMILES string of the molecule is COc1ccc(NC(=O)c2ccc([N+](=O)[O-])c(O)c2)c(OC)c1. The second kappa shape index (κ2) is 6.65. The number of hydrogen-bond donors (Lipinski definition) is 2. The quantitative estimate of drug-likeness (QED) is 0.647. The summed E-state index contributed by atoms with van der Waals surface area (Å²) in [6.07, 6.45) is 0. The van der Waals surface area contributed by atoms with Crippen LogP contribution in [0.25, 0.3) is 0 Å². The Hall–Kier alpha value is -3.29. The van der Waals surface area contributed by atoms with Crippen LogP contribution in [0.4, 0.5) is 11.4 Å². The van der Waals surface area contributed by atoms with Crippen molar-refractivity contribution in [2.75, 3.05) is 19.5 Å². The van der Waals surface area contributed by atoms with Gasteiger partial charge in [-0.3, -0.25) is 14.9 Å². The minimum absolute atomic E-state index is 0.0750. The van der Waals surface area contributed by atoms with E-state index in [4.69, 9.17) is 9.47 Å². The number of carbonyl (C=O) groups is 1. The fourth-order valence-corrected chi connectivity index (χ4v) is 1.92. The average Bonchev–Trinajstić information content (AvgIpc) is 2.54. The number of phenols is 1. The van der Waals surface area contributed by atoms with E-state index in [0.29, 0.717) is 17.2 Å². The first kappa shape index (κ1) is 16.1. The van der Waals surface area contributed by atoms with Crippen molar-refractivity contribution in [2.45, 2.75) is 0 Å². The second-order valence-corrected chi connectivity index (χ2v) is 4.48. The highest BCUT2D eigenvalue weighted by atomic mass is 16.6. The standard InChI is InChI=1S/C15H14N2O6/c1-22-10-4-5-11(14(8-10)23-2)16-15(19)9-3-6-12(17(20)21)13(18)7-9/h3-8,18H,1-2H3,(H,16,19). The number of anilines is 1. The number of methoxy groups -OCH3 is 2. The molecule has 2 aromatic rings. The Bertz CT molecular complexity index is 760. The third-order valence-electron chi connectivity index (χ3n) is 3.09. The van der Waals surface area contributed by atoms with Gasteiger partial charge in [0.05, 0.1) is 24.8 Å². The molecule has 0 atom stereocenters. The zero-order chi connectivity index (χ0) is 17.0. The van der Waals surface area contributed by atoms with Crippen molar-refractivity contribution in [3.63, 3.8) is 0 Å². The van der Waals surface area contributed by atoms with Gasteiger partial charge in [-0.25, -0.2) is 0 Å². The number of nitro benzene ring substituents is 1. The van der Waals surface area contributed by atoms with Crippen molar-refractivity contribution in [3.05, 3.63) is 52.1 Å². The van der Waals surface area contributed by atoms with Crippen LogP contribution >= 0.6 is 0 Å². The molecule has 2 rings (SSSR count). The highest BCUT2D eigenvalue weighted by Gasteiger charge is 2.17. The number of amides is 1. The molecule has 0 saturated heterocycles. The number of nitrogens with zero attached hydrogens (tertiary/aromatic N) is 1. The monoisotopic (exact) mass is 318 g/mol. The van der Waals surface area contributed by atoms with Gasteiger partial charge in [-0.05, 0) is 24.3 Å². The summed E-state index contributed by atoms with van der Waals surface area (Å²) in [5, 5.41) is 22.8. The number of rotatable bonds is 5. The van der Waals surface area contributed by atoms with Gasteiger partial charge in [-0.15, -0.1) is 0 Å². The maximum Gasteiger partial charge on any atom is 0.310 e. The lowest BCUT2D eigenvalue weighted by atomic mass is 10.1. The first-order valence-corrected chi connectivity index (χ1v) is 6.47. The van der Waals surface area contributed by atoms with E-state index < -0.39 is 22.3 Å². The Labute approximate surface area is 131 Å². The van der Waals surface area contributed by atoms with Crippen LogP contribution in [0.3, 0.4) is 0 Å². The van der Waals surface area contributed by atoms with Crippen LogP contribution < -0.4 is 14.8 Å². The van der Waals surface area contributed by atoms with Crippen LogP contribution in [0, 0.1) is 10.1 Å². The summed E-state index contributed by atoms with van der Waals surface area (Å²) in [6, 6.07) is 8.19. The Balaban J connectivity index is 2.25. The molecular formula is C15H14N2O6. The maximum absolute atomic E-state index is 12.2. The van der Waals surface area contributed by atoms with Crippen molar-refractivity contribution < 1.29 is 24.3 Å². The highest BCUT2D eigenvalue weighted by Crippen LogP contribution is 2.30. The van der Waals surface area contributed by atoms with Gasteiger partial charge in [0.2, 0.25) is 0 Å². The number of nitrogens with one attached hydrogen (secondary N) is 1. The van der Waals surface area contributed by atoms with E-state index in [1.54, 1.807) is 18.2 Å². The van der Waals surface area contributed by atoms with Crippen molar-refractivity contribution in [3.8, 4) is 17.2 Å². The number of hydrogen-bond acceptors (Lipinski definition) is 6. The Morgan fingerprint density at radius 1 is 1.17 bits per heavy atom. The minimum atomic E-state index is -0.733. The van der Waals surface area contributed by atoms with Crippen LogP contribution in [0.5, 0.6) is 17.2 Å². The van der Waals surface area contributed by atoms with Gasteiger partial charge in [0.1, 0.15) is 11.5 Å². The van der Waals surface area contributed by atoms with E-state index in [9.17, 15) is 20.0 Å². The van der Waals surface area contributed by atoms with Gasteiger partial charge >= 0.3 is 5.69 Å². The van der Waals surface area contributed by atoms with E-state index in [1.165, 1.54) is 20.3 Å². The van der Waals surface area contributed by atoms with Gasteiger partial charge in [0.15, 0.2) is 5.75 Å². The first-order valence-electron chi connectivity index (χ1n) is 6.47. The first-order chi connectivity index (χ1) is 11.0. The summed E-state index contributed by atoms with van der Waals surface area (Å²) in [5.74, 6) is -0.167. The largest absolute Gasteiger partial charge is 0.502 e. The number of phenolic OH excluding ortho intramolecular Hbond substituents is 1. The summed E-state index contributed by atoms with van der Waals surface area (Å²) in [4.78, 5) is 22.1. The third-order valence-corrected chi connectivity index (χ3v) is 3.09. The topological polar surface area (TPSA) is 111 Å². The average molecular weight is 318 g/mol. The van der Waals surface area contributed by atoms with Gasteiger partial charge in [-0.1, -0.05) is 0 Å². The molecule has 0 radical (unpaired) electrons. The van der Waals surface area contributed by atoms with Gasteiger partial charge in [0, 0.05) is 17.7 Å². The molecule has 0 aliphatic carbocycles. The van der Waals surface area contributed by atoms with E-state index in [2.05, 4.69) is 5.32 Å².